The lowest BCUT2D eigenvalue weighted by Gasteiger charge is -2.20. The average Bonchev–Trinajstić information content (AvgIpc) is 2.30. The Balaban J connectivity index is 2.36. The first-order chi connectivity index (χ1) is 8.15. The van der Waals surface area contributed by atoms with Gasteiger partial charge >= 0.3 is 0 Å². The lowest BCUT2D eigenvalue weighted by molar-refractivity contribution is 0.143. The van der Waals surface area contributed by atoms with Gasteiger partial charge in [0.25, 0.3) is 0 Å². The Labute approximate surface area is 105 Å². The number of rotatable bonds is 7. The Morgan fingerprint density at radius 2 is 1.94 bits per heavy atom. The molecule has 2 heteroatoms. The topological polar surface area (TPSA) is 23.5 Å². The van der Waals surface area contributed by atoms with Crippen LogP contribution < -0.4 is 0 Å². The van der Waals surface area contributed by atoms with E-state index in [1.165, 1.54) is 11.1 Å². The molecule has 0 saturated heterocycles. The number of aliphatic hydroxyl groups excluding tert-OH is 1. The van der Waals surface area contributed by atoms with Crippen LogP contribution in [0.3, 0.4) is 0 Å². The standard InChI is InChI=1S/C15H25NO/c1-4-16(5-2)10-9-15(17)12-14-8-6-7-13(3)11-14/h6-8,11,15,17H,4-5,9-10,12H2,1-3H3. The van der Waals surface area contributed by atoms with Gasteiger partial charge in [-0.3, -0.25) is 0 Å². The van der Waals surface area contributed by atoms with Gasteiger partial charge in [-0.15, -0.1) is 0 Å². The summed E-state index contributed by atoms with van der Waals surface area (Å²) < 4.78 is 0. The molecule has 0 fully saturated rings. The highest BCUT2D eigenvalue weighted by Gasteiger charge is 2.08. The van der Waals surface area contributed by atoms with Crippen molar-refractivity contribution >= 4 is 0 Å². The van der Waals surface area contributed by atoms with E-state index < -0.39 is 0 Å². The van der Waals surface area contributed by atoms with Gasteiger partial charge in [0.1, 0.15) is 0 Å². The predicted octanol–water partition coefficient (Wildman–Crippen LogP) is 2.63. The van der Waals surface area contributed by atoms with Crippen molar-refractivity contribution < 1.29 is 5.11 Å². The Morgan fingerprint density at radius 3 is 2.53 bits per heavy atom. The van der Waals surface area contributed by atoms with Crippen molar-refractivity contribution in [2.24, 2.45) is 0 Å². The van der Waals surface area contributed by atoms with Gasteiger partial charge in [-0.1, -0.05) is 43.7 Å². The number of aliphatic hydroxyl groups is 1. The number of benzene rings is 1. The van der Waals surface area contributed by atoms with Crippen molar-refractivity contribution in [1.29, 1.82) is 0 Å². The van der Waals surface area contributed by atoms with Crippen LogP contribution in [0.15, 0.2) is 24.3 Å². The molecule has 2 nitrogen and oxygen atoms in total. The Kier molecular flexibility index (Phi) is 6.23. The fraction of sp³-hybridized carbons (Fsp3) is 0.600. The molecule has 1 atom stereocenters. The van der Waals surface area contributed by atoms with E-state index in [1.54, 1.807) is 0 Å². The fourth-order valence-electron chi connectivity index (χ4n) is 2.08. The van der Waals surface area contributed by atoms with E-state index in [9.17, 15) is 5.11 Å². The van der Waals surface area contributed by atoms with Crippen molar-refractivity contribution in [2.45, 2.75) is 39.7 Å². The zero-order valence-corrected chi connectivity index (χ0v) is 11.3. The number of hydrogen-bond acceptors (Lipinski definition) is 2. The van der Waals surface area contributed by atoms with Crippen LogP contribution in [0.5, 0.6) is 0 Å². The van der Waals surface area contributed by atoms with Gasteiger partial charge in [0.2, 0.25) is 0 Å². The van der Waals surface area contributed by atoms with Crippen LogP contribution in [0.25, 0.3) is 0 Å². The summed E-state index contributed by atoms with van der Waals surface area (Å²) in [5.41, 5.74) is 2.50. The molecule has 0 saturated carbocycles. The van der Waals surface area contributed by atoms with Gasteiger partial charge in [-0.2, -0.15) is 0 Å². The van der Waals surface area contributed by atoms with Gasteiger partial charge in [0.05, 0.1) is 6.10 Å². The molecule has 1 aromatic rings. The van der Waals surface area contributed by atoms with E-state index in [-0.39, 0.29) is 6.10 Å². The minimum Gasteiger partial charge on any atom is -0.393 e. The summed E-state index contributed by atoms with van der Waals surface area (Å²) in [4.78, 5) is 2.35. The average molecular weight is 235 g/mol. The molecule has 1 N–H and O–H groups in total. The van der Waals surface area contributed by atoms with Gasteiger partial charge in [0.15, 0.2) is 0 Å². The maximum absolute atomic E-state index is 10.0. The zero-order chi connectivity index (χ0) is 12.7. The lowest BCUT2D eigenvalue weighted by atomic mass is 10.0. The summed E-state index contributed by atoms with van der Waals surface area (Å²) in [6.45, 7) is 9.53. The largest absolute Gasteiger partial charge is 0.393 e. The molecule has 0 spiro atoms. The molecule has 1 unspecified atom stereocenters. The molecule has 0 bridgehead atoms. The van der Waals surface area contributed by atoms with Gasteiger partial charge in [0, 0.05) is 6.54 Å². The SMILES string of the molecule is CCN(CC)CCC(O)Cc1cccc(C)c1. The quantitative estimate of drug-likeness (QED) is 0.785. The third-order valence-electron chi connectivity index (χ3n) is 3.23. The summed E-state index contributed by atoms with van der Waals surface area (Å²) in [5, 5.41) is 10.0. The van der Waals surface area contributed by atoms with Crippen LogP contribution >= 0.6 is 0 Å². The third kappa shape index (κ3) is 5.33. The molecule has 96 valence electrons. The summed E-state index contributed by atoms with van der Waals surface area (Å²) in [7, 11) is 0. The van der Waals surface area contributed by atoms with Gasteiger partial charge < -0.3 is 10.0 Å². The summed E-state index contributed by atoms with van der Waals surface area (Å²) in [6, 6.07) is 8.39. The summed E-state index contributed by atoms with van der Waals surface area (Å²) >= 11 is 0. The number of nitrogens with zero attached hydrogens (tertiary/aromatic N) is 1. The van der Waals surface area contributed by atoms with Crippen LogP contribution in [0.1, 0.15) is 31.4 Å². The molecule has 0 amide bonds. The molecule has 0 aliphatic heterocycles. The second-order valence-electron chi connectivity index (χ2n) is 4.66. The highest BCUT2D eigenvalue weighted by molar-refractivity contribution is 5.22. The van der Waals surface area contributed by atoms with E-state index >= 15 is 0 Å². The van der Waals surface area contributed by atoms with Crippen molar-refractivity contribution in [3.8, 4) is 0 Å². The van der Waals surface area contributed by atoms with Crippen LogP contribution in [-0.4, -0.2) is 35.7 Å². The Hall–Kier alpha value is -0.860. The highest BCUT2D eigenvalue weighted by Crippen LogP contribution is 2.09. The minimum absolute atomic E-state index is 0.225. The Morgan fingerprint density at radius 1 is 1.24 bits per heavy atom. The summed E-state index contributed by atoms with van der Waals surface area (Å²) in [5.74, 6) is 0. The van der Waals surface area contributed by atoms with Crippen molar-refractivity contribution in [2.75, 3.05) is 19.6 Å². The molecular formula is C15H25NO. The van der Waals surface area contributed by atoms with Crippen molar-refractivity contribution in [3.63, 3.8) is 0 Å². The molecule has 0 aliphatic rings. The molecule has 0 aliphatic carbocycles. The van der Waals surface area contributed by atoms with E-state index in [4.69, 9.17) is 0 Å². The van der Waals surface area contributed by atoms with Gasteiger partial charge in [-0.05, 0) is 38.4 Å². The predicted molar refractivity (Wildman–Crippen MR) is 73.3 cm³/mol. The van der Waals surface area contributed by atoms with E-state index in [0.717, 1.165) is 32.5 Å². The second-order valence-corrected chi connectivity index (χ2v) is 4.66. The maximum Gasteiger partial charge on any atom is 0.0592 e. The van der Waals surface area contributed by atoms with Crippen LogP contribution in [0.4, 0.5) is 0 Å². The van der Waals surface area contributed by atoms with Crippen LogP contribution in [0, 0.1) is 6.92 Å². The smallest absolute Gasteiger partial charge is 0.0592 e. The first-order valence-electron chi connectivity index (χ1n) is 6.61. The van der Waals surface area contributed by atoms with Gasteiger partial charge in [-0.25, -0.2) is 0 Å². The first-order valence-corrected chi connectivity index (χ1v) is 6.61. The molecule has 17 heavy (non-hydrogen) atoms. The number of hydrogen-bond donors (Lipinski definition) is 1. The molecule has 1 aromatic carbocycles. The number of aryl methyl sites for hydroxylation is 1. The minimum atomic E-state index is -0.225. The molecular weight excluding hydrogens is 210 g/mol. The molecule has 1 rings (SSSR count). The van der Waals surface area contributed by atoms with E-state index in [2.05, 4.69) is 49.9 Å². The zero-order valence-electron chi connectivity index (χ0n) is 11.3. The maximum atomic E-state index is 10.0. The first kappa shape index (κ1) is 14.2. The monoisotopic (exact) mass is 235 g/mol. The second kappa shape index (κ2) is 7.46. The van der Waals surface area contributed by atoms with Crippen molar-refractivity contribution in [3.05, 3.63) is 35.4 Å². The van der Waals surface area contributed by atoms with E-state index in [1.807, 2.05) is 0 Å². The van der Waals surface area contributed by atoms with Crippen molar-refractivity contribution in [1.82, 2.24) is 4.90 Å². The normalized spacial score (nSPS) is 13.0. The molecule has 0 aromatic heterocycles. The van der Waals surface area contributed by atoms with Crippen LogP contribution in [-0.2, 0) is 6.42 Å². The highest BCUT2D eigenvalue weighted by atomic mass is 16.3. The third-order valence-corrected chi connectivity index (χ3v) is 3.23. The summed E-state index contributed by atoms with van der Waals surface area (Å²) in [6.07, 6.45) is 1.40. The van der Waals surface area contributed by atoms with Crippen LogP contribution in [0.2, 0.25) is 0 Å². The molecule has 0 radical (unpaired) electrons. The Bertz CT molecular complexity index is 320. The lowest BCUT2D eigenvalue weighted by Crippen LogP contribution is -2.27. The fourth-order valence-corrected chi connectivity index (χ4v) is 2.08. The van der Waals surface area contributed by atoms with E-state index in [0.29, 0.717) is 0 Å². The molecule has 0 heterocycles.